The van der Waals surface area contributed by atoms with E-state index in [1.807, 2.05) is 14.1 Å². The Kier molecular flexibility index (Phi) is 5.08. The van der Waals surface area contributed by atoms with Gasteiger partial charge in [-0.05, 0) is 26.4 Å². The minimum atomic E-state index is -0.283. The van der Waals surface area contributed by atoms with Gasteiger partial charge in [-0.15, -0.1) is 5.10 Å². The molecule has 1 heterocycles. The van der Waals surface area contributed by atoms with Crippen molar-refractivity contribution < 1.29 is 4.79 Å². The number of anilines is 1. The summed E-state index contributed by atoms with van der Waals surface area (Å²) in [4.78, 5) is 17.6. The van der Waals surface area contributed by atoms with Crippen LogP contribution in [0.25, 0.3) is 0 Å². The van der Waals surface area contributed by atoms with Crippen molar-refractivity contribution in [1.82, 2.24) is 25.4 Å². The first kappa shape index (κ1) is 14.4. The Labute approximate surface area is 107 Å². The minimum Gasteiger partial charge on any atom is -0.366 e. The van der Waals surface area contributed by atoms with E-state index in [9.17, 15) is 4.79 Å². The fraction of sp³-hybridized carbons (Fsp3) is 0.727. The number of nitrogens with zero attached hydrogens (tertiary/aromatic N) is 3. The van der Waals surface area contributed by atoms with Crippen molar-refractivity contribution in [1.29, 1.82) is 0 Å². The molecular formula is C11H22N6O. The molecule has 4 N–H and O–H groups in total. The second-order valence-corrected chi connectivity index (χ2v) is 5.00. The Bertz CT molecular complexity index is 387. The lowest BCUT2D eigenvalue weighted by Crippen LogP contribution is -2.41. The van der Waals surface area contributed by atoms with Gasteiger partial charge in [-0.3, -0.25) is 9.89 Å². The summed E-state index contributed by atoms with van der Waals surface area (Å²) in [7, 11) is 4.01. The monoisotopic (exact) mass is 254 g/mol. The van der Waals surface area contributed by atoms with Crippen molar-refractivity contribution in [3.63, 3.8) is 0 Å². The molecule has 1 aromatic heterocycles. The highest BCUT2D eigenvalue weighted by Crippen LogP contribution is 2.08. The molecule has 0 bridgehead atoms. The number of nitrogen functional groups attached to an aromatic ring is 1. The van der Waals surface area contributed by atoms with E-state index in [1.54, 1.807) is 0 Å². The van der Waals surface area contributed by atoms with E-state index in [4.69, 9.17) is 5.73 Å². The third kappa shape index (κ3) is 4.33. The van der Waals surface area contributed by atoms with Crippen LogP contribution in [0.1, 0.15) is 30.9 Å². The van der Waals surface area contributed by atoms with Crippen molar-refractivity contribution in [2.45, 2.75) is 26.3 Å². The van der Waals surface area contributed by atoms with E-state index in [0.29, 0.717) is 18.5 Å². The molecule has 0 aliphatic rings. The largest absolute Gasteiger partial charge is 0.366 e. The van der Waals surface area contributed by atoms with Gasteiger partial charge in [0.2, 0.25) is 11.8 Å². The fourth-order valence-corrected chi connectivity index (χ4v) is 1.69. The number of aromatic amines is 1. The molecule has 1 amide bonds. The molecule has 0 aliphatic carbocycles. The lowest BCUT2D eigenvalue weighted by atomic mass is 10.0. The van der Waals surface area contributed by atoms with Crippen LogP contribution in [-0.4, -0.2) is 52.7 Å². The van der Waals surface area contributed by atoms with Gasteiger partial charge in [0.05, 0.1) is 0 Å². The Hall–Kier alpha value is -1.63. The van der Waals surface area contributed by atoms with Crippen molar-refractivity contribution in [3.8, 4) is 0 Å². The SMILES string of the molecule is CC(C)CC(CNC(=O)c1nc(N)n[nH]1)N(C)C. The number of hydrogen-bond donors (Lipinski definition) is 3. The first-order chi connectivity index (χ1) is 8.40. The second kappa shape index (κ2) is 6.34. The number of hydrogen-bond acceptors (Lipinski definition) is 5. The van der Waals surface area contributed by atoms with Crippen LogP contribution in [0.4, 0.5) is 5.95 Å². The lowest BCUT2D eigenvalue weighted by Gasteiger charge is -2.26. The average molecular weight is 254 g/mol. The molecule has 7 heteroatoms. The van der Waals surface area contributed by atoms with Crippen LogP contribution in [-0.2, 0) is 0 Å². The number of nitrogens with two attached hydrogens (primary N) is 1. The molecule has 1 atom stereocenters. The maximum Gasteiger partial charge on any atom is 0.288 e. The average Bonchev–Trinajstić information content (AvgIpc) is 2.69. The molecule has 0 aliphatic heterocycles. The van der Waals surface area contributed by atoms with E-state index >= 15 is 0 Å². The topological polar surface area (TPSA) is 99.9 Å². The first-order valence-corrected chi connectivity index (χ1v) is 6.02. The molecule has 0 saturated heterocycles. The quantitative estimate of drug-likeness (QED) is 0.668. The summed E-state index contributed by atoms with van der Waals surface area (Å²) in [5, 5.41) is 8.94. The summed E-state index contributed by atoms with van der Waals surface area (Å²) in [6.07, 6.45) is 1.02. The Morgan fingerprint density at radius 1 is 1.50 bits per heavy atom. The molecule has 0 spiro atoms. The summed E-state index contributed by atoms with van der Waals surface area (Å²) >= 11 is 0. The number of amides is 1. The number of rotatable bonds is 6. The van der Waals surface area contributed by atoms with Gasteiger partial charge in [0.15, 0.2) is 0 Å². The highest BCUT2D eigenvalue weighted by Gasteiger charge is 2.16. The maximum atomic E-state index is 11.8. The summed E-state index contributed by atoms with van der Waals surface area (Å²) < 4.78 is 0. The van der Waals surface area contributed by atoms with Crippen LogP contribution in [0, 0.1) is 5.92 Å². The van der Waals surface area contributed by atoms with Crippen LogP contribution in [0.15, 0.2) is 0 Å². The van der Waals surface area contributed by atoms with Crippen LogP contribution in [0.3, 0.4) is 0 Å². The lowest BCUT2D eigenvalue weighted by molar-refractivity contribution is 0.0928. The van der Waals surface area contributed by atoms with Crippen LogP contribution in [0.2, 0.25) is 0 Å². The fourth-order valence-electron chi connectivity index (χ4n) is 1.69. The molecule has 1 rings (SSSR count). The molecule has 0 saturated carbocycles. The molecule has 0 fully saturated rings. The van der Waals surface area contributed by atoms with Gasteiger partial charge in [-0.2, -0.15) is 4.98 Å². The molecular weight excluding hydrogens is 232 g/mol. The molecule has 0 radical (unpaired) electrons. The van der Waals surface area contributed by atoms with Crippen LogP contribution < -0.4 is 11.1 Å². The van der Waals surface area contributed by atoms with Gasteiger partial charge < -0.3 is 16.0 Å². The summed E-state index contributed by atoms with van der Waals surface area (Å²) in [6, 6.07) is 0.300. The van der Waals surface area contributed by atoms with E-state index in [2.05, 4.69) is 39.2 Å². The van der Waals surface area contributed by atoms with Crippen molar-refractivity contribution in [2.24, 2.45) is 5.92 Å². The smallest absolute Gasteiger partial charge is 0.288 e. The zero-order valence-electron chi connectivity index (χ0n) is 11.4. The number of carbonyl (C=O) groups is 1. The number of nitrogens with one attached hydrogen (secondary N) is 2. The van der Waals surface area contributed by atoms with Gasteiger partial charge in [-0.25, -0.2) is 0 Å². The second-order valence-electron chi connectivity index (χ2n) is 5.00. The Balaban J connectivity index is 2.49. The Morgan fingerprint density at radius 2 is 2.17 bits per heavy atom. The van der Waals surface area contributed by atoms with Gasteiger partial charge in [0.25, 0.3) is 5.91 Å². The van der Waals surface area contributed by atoms with Crippen LogP contribution >= 0.6 is 0 Å². The zero-order valence-corrected chi connectivity index (χ0v) is 11.4. The Morgan fingerprint density at radius 3 is 2.61 bits per heavy atom. The molecule has 102 valence electrons. The predicted octanol–water partition coefficient (Wildman–Crippen LogP) is 0.0930. The van der Waals surface area contributed by atoms with E-state index in [-0.39, 0.29) is 17.7 Å². The molecule has 1 aromatic rings. The standard InChI is InChI=1S/C11H22N6O/c1-7(2)5-8(17(3)4)6-13-10(18)9-14-11(12)16-15-9/h7-8H,5-6H2,1-4H3,(H,13,18)(H3,12,14,15,16). The van der Waals surface area contributed by atoms with E-state index in [1.165, 1.54) is 0 Å². The van der Waals surface area contributed by atoms with Gasteiger partial charge >= 0.3 is 0 Å². The highest BCUT2D eigenvalue weighted by atomic mass is 16.2. The highest BCUT2D eigenvalue weighted by molar-refractivity contribution is 5.90. The van der Waals surface area contributed by atoms with Crippen LogP contribution in [0.5, 0.6) is 0 Å². The number of likely N-dealkylation sites (N-methyl/N-ethyl adjacent to an activating group) is 1. The van der Waals surface area contributed by atoms with Crippen molar-refractivity contribution in [3.05, 3.63) is 5.82 Å². The molecule has 0 aromatic carbocycles. The third-order valence-electron chi connectivity index (χ3n) is 2.69. The molecule has 18 heavy (non-hydrogen) atoms. The predicted molar refractivity (Wildman–Crippen MR) is 70.1 cm³/mol. The van der Waals surface area contributed by atoms with Gasteiger partial charge in [-0.1, -0.05) is 13.8 Å². The number of aromatic nitrogens is 3. The van der Waals surface area contributed by atoms with Gasteiger partial charge in [0.1, 0.15) is 0 Å². The summed E-state index contributed by atoms with van der Waals surface area (Å²) in [5.74, 6) is 0.520. The molecule has 7 nitrogen and oxygen atoms in total. The summed E-state index contributed by atoms with van der Waals surface area (Å²) in [6.45, 7) is 4.90. The van der Waals surface area contributed by atoms with E-state index in [0.717, 1.165) is 6.42 Å². The number of carbonyl (C=O) groups excluding carboxylic acids is 1. The number of H-pyrrole nitrogens is 1. The molecule has 1 unspecified atom stereocenters. The normalized spacial score (nSPS) is 13.0. The van der Waals surface area contributed by atoms with Gasteiger partial charge in [0, 0.05) is 12.6 Å². The first-order valence-electron chi connectivity index (χ1n) is 6.02. The van der Waals surface area contributed by atoms with E-state index < -0.39 is 0 Å². The van der Waals surface area contributed by atoms with Crippen molar-refractivity contribution in [2.75, 3.05) is 26.4 Å². The third-order valence-corrected chi connectivity index (χ3v) is 2.69. The maximum absolute atomic E-state index is 11.8. The summed E-state index contributed by atoms with van der Waals surface area (Å²) in [5.41, 5.74) is 5.34. The zero-order chi connectivity index (χ0) is 13.7. The van der Waals surface area contributed by atoms with Crippen molar-refractivity contribution >= 4 is 11.9 Å². The minimum absolute atomic E-state index is 0.0755.